The van der Waals surface area contributed by atoms with Crippen molar-refractivity contribution in [2.24, 2.45) is 0 Å². The van der Waals surface area contributed by atoms with Gasteiger partial charge in [0.1, 0.15) is 5.03 Å². The highest BCUT2D eigenvalue weighted by Crippen LogP contribution is 2.47. The first-order chi connectivity index (χ1) is 16.7. The Morgan fingerprint density at radius 1 is 1.33 bits per heavy atom. The number of hydrogen-bond acceptors (Lipinski definition) is 7. The Bertz CT molecular complexity index is 1240. The number of aromatic nitrogens is 1. The van der Waals surface area contributed by atoms with Gasteiger partial charge < -0.3 is 19.7 Å². The van der Waals surface area contributed by atoms with E-state index >= 15 is 0 Å². The van der Waals surface area contributed by atoms with Crippen molar-refractivity contribution in [3.8, 4) is 5.75 Å². The predicted molar refractivity (Wildman–Crippen MR) is 122 cm³/mol. The zero-order chi connectivity index (χ0) is 26.9. The van der Waals surface area contributed by atoms with Crippen LogP contribution in [0.5, 0.6) is 5.75 Å². The number of methoxy groups -OCH3 is 1. The molecule has 0 bridgehead atoms. The molecule has 36 heavy (non-hydrogen) atoms. The van der Waals surface area contributed by atoms with Gasteiger partial charge in [-0.3, -0.25) is 4.79 Å². The standard InChI is InChI=1S/C22H25F5N4O4S/c1-4-35-21(22(25,26)27)11-14(31(12-21)16-6-5-15(23)19(24)20(16)34-2)10-17(32)30-13-7-8-29-18(9-13)36(3,28)33/h5-9,14,28H,4,10-12H2,1-3H3,(H,29,30,32)/t14-,21-,36?/m0/s1. The Labute approximate surface area is 204 Å². The molecule has 3 rings (SSSR count). The maximum atomic E-state index is 14.4. The van der Waals surface area contributed by atoms with Gasteiger partial charge in [0.15, 0.2) is 17.2 Å². The van der Waals surface area contributed by atoms with E-state index in [4.69, 9.17) is 14.3 Å². The number of carbonyl (C=O) groups is 1. The largest absolute Gasteiger partial charge is 0.491 e. The molecule has 0 aliphatic carbocycles. The molecule has 2 aromatic rings. The summed E-state index contributed by atoms with van der Waals surface area (Å²) < 4.78 is 100. The van der Waals surface area contributed by atoms with Crippen LogP contribution in [0, 0.1) is 16.4 Å². The number of rotatable bonds is 8. The minimum Gasteiger partial charge on any atom is -0.491 e. The number of anilines is 2. The zero-order valence-electron chi connectivity index (χ0n) is 19.6. The quantitative estimate of drug-likeness (QED) is 0.487. The molecule has 14 heteroatoms. The fraction of sp³-hybridized carbons (Fsp3) is 0.455. The van der Waals surface area contributed by atoms with Gasteiger partial charge in [0, 0.05) is 43.6 Å². The molecule has 1 fully saturated rings. The number of alkyl halides is 3. The van der Waals surface area contributed by atoms with Gasteiger partial charge in [-0.15, -0.1) is 0 Å². The molecule has 1 aromatic carbocycles. The number of amides is 1. The van der Waals surface area contributed by atoms with E-state index in [1.165, 1.54) is 25.3 Å². The molecule has 2 heterocycles. The van der Waals surface area contributed by atoms with Crippen LogP contribution in [0.25, 0.3) is 0 Å². The highest BCUT2D eigenvalue weighted by atomic mass is 32.2. The number of carbonyl (C=O) groups excluding carboxylic acids is 1. The molecule has 3 atom stereocenters. The number of pyridine rings is 1. The van der Waals surface area contributed by atoms with Crippen LogP contribution in [-0.4, -0.2) is 59.4 Å². The first-order valence-electron chi connectivity index (χ1n) is 10.7. The second kappa shape index (κ2) is 10.2. The van der Waals surface area contributed by atoms with E-state index in [2.05, 4.69) is 10.3 Å². The molecule has 1 amide bonds. The normalized spacial score (nSPS) is 21.8. The SMILES string of the molecule is CCO[C@@]1(C(F)(F)F)C[C@H](CC(=O)Nc2ccnc(S(C)(=N)=O)c2)N(c2ccc(F)c(F)c2OC)C1. The molecule has 1 unspecified atom stereocenters. The third-order valence-corrected chi connectivity index (χ3v) is 6.77. The monoisotopic (exact) mass is 536 g/mol. The average molecular weight is 537 g/mol. The number of halogens is 5. The lowest BCUT2D eigenvalue weighted by atomic mass is 9.97. The van der Waals surface area contributed by atoms with Crippen molar-refractivity contribution >= 4 is 27.0 Å². The van der Waals surface area contributed by atoms with Crippen molar-refractivity contribution in [2.45, 2.75) is 42.6 Å². The van der Waals surface area contributed by atoms with E-state index in [1.807, 2.05) is 0 Å². The van der Waals surface area contributed by atoms with Crippen molar-refractivity contribution in [3.63, 3.8) is 0 Å². The molecular weight excluding hydrogens is 511 g/mol. The summed E-state index contributed by atoms with van der Waals surface area (Å²) in [7, 11) is -2.12. The van der Waals surface area contributed by atoms with Crippen molar-refractivity contribution in [3.05, 3.63) is 42.1 Å². The Kier molecular flexibility index (Phi) is 7.79. The van der Waals surface area contributed by atoms with E-state index in [0.29, 0.717) is 0 Å². The topological polar surface area (TPSA) is 105 Å². The minimum absolute atomic E-state index is 0.0817. The van der Waals surface area contributed by atoms with E-state index in [9.17, 15) is 31.0 Å². The molecule has 8 nitrogen and oxygen atoms in total. The molecule has 1 aromatic heterocycles. The first-order valence-corrected chi connectivity index (χ1v) is 12.7. The van der Waals surface area contributed by atoms with Gasteiger partial charge in [-0.05, 0) is 31.2 Å². The van der Waals surface area contributed by atoms with E-state index in [-0.39, 0.29) is 23.0 Å². The van der Waals surface area contributed by atoms with Crippen molar-refractivity contribution < 1.29 is 40.4 Å². The molecular formula is C22H25F5N4O4S. The summed E-state index contributed by atoms with van der Waals surface area (Å²) in [5, 5.41) is 2.42. The van der Waals surface area contributed by atoms with Crippen LogP contribution >= 0.6 is 0 Å². The Hall–Kier alpha value is -3.00. The summed E-state index contributed by atoms with van der Waals surface area (Å²) in [5.74, 6) is -3.92. The van der Waals surface area contributed by atoms with Gasteiger partial charge in [0.2, 0.25) is 11.7 Å². The van der Waals surface area contributed by atoms with E-state index in [1.54, 1.807) is 0 Å². The second-order valence-corrected chi connectivity index (χ2v) is 10.4. The summed E-state index contributed by atoms with van der Waals surface area (Å²) in [6, 6.07) is 3.32. The molecule has 0 spiro atoms. The maximum Gasteiger partial charge on any atom is 0.419 e. The van der Waals surface area contributed by atoms with Gasteiger partial charge in [-0.25, -0.2) is 18.4 Å². The summed E-state index contributed by atoms with van der Waals surface area (Å²) >= 11 is 0. The number of hydrogen-bond donors (Lipinski definition) is 2. The first kappa shape index (κ1) is 27.6. The van der Waals surface area contributed by atoms with Crippen LogP contribution in [0.4, 0.5) is 33.3 Å². The molecule has 1 saturated heterocycles. The molecule has 1 aliphatic heterocycles. The lowest BCUT2D eigenvalue weighted by Gasteiger charge is -2.32. The third kappa shape index (κ3) is 5.53. The highest BCUT2D eigenvalue weighted by molar-refractivity contribution is 7.91. The maximum absolute atomic E-state index is 14.4. The summed E-state index contributed by atoms with van der Waals surface area (Å²) in [6.07, 6.45) is -3.57. The fourth-order valence-corrected chi connectivity index (χ4v) is 4.77. The Morgan fingerprint density at radius 3 is 2.61 bits per heavy atom. The molecule has 2 N–H and O–H groups in total. The molecule has 1 aliphatic rings. The number of nitrogens with one attached hydrogen (secondary N) is 2. The van der Waals surface area contributed by atoms with E-state index in [0.717, 1.165) is 30.4 Å². The van der Waals surface area contributed by atoms with Gasteiger partial charge >= 0.3 is 6.18 Å². The van der Waals surface area contributed by atoms with Gasteiger partial charge in [-0.2, -0.15) is 17.6 Å². The summed E-state index contributed by atoms with van der Waals surface area (Å²) in [6.45, 7) is 0.347. The lowest BCUT2D eigenvalue weighted by Crippen LogP contribution is -2.50. The van der Waals surface area contributed by atoms with E-state index < -0.39 is 70.2 Å². The Morgan fingerprint density at radius 2 is 2.03 bits per heavy atom. The summed E-state index contributed by atoms with van der Waals surface area (Å²) in [4.78, 5) is 17.8. The van der Waals surface area contributed by atoms with Crippen LogP contribution < -0.4 is 15.0 Å². The fourth-order valence-electron chi connectivity index (χ4n) is 4.16. The average Bonchev–Trinajstić information content (AvgIpc) is 3.14. The second-order valence-electron chi connectivity index (χ2n) is 8.30. The van der Waals surface area contributed by atoms with Crippen LogP contribution in [0.15, 0.2) is 35.5 Å². The zero-order valence-corrected chi connectivity index (χ0v) is 20.4. The molecule has 198 valence electrons. The number of ether oxygens (including phenoxy) is 2. The van der Waals surface area contributed by atoms with Crippen LogP contribution in [0.2, 0.25) is 0 Å². The smallest absolute Gasteiger partial charge is 0.419 e. The van der Waals surface area contributed by atoms with Gasteiger partial charge in [0.25, 0.3) is 0 Å². The number of nitrogens with zero attached hydrogens (tertiary/aromatic N) is 2. The van der Waals surface area contributed by atoms with Crippen molar-refractivity contribution in [1.29, 1.82) is 4.78 Å². The molecule has 0 radical (unpaired) electrons. The van der Waals surface area contributed by atoms with Crippen LogP contribution in [0.3, 0.4) is 0 Å². The lowest BCUT2D eigenvalue weighted by molar-refractivity contribution is -0.268. The van der Waals surface area contributed by atoms with Gasteiger partial charge in [0.05, 0.1) is 29.1 Å². The third-order valence-electron chi connectivity index (χ3n) is 5.75. The van der Waals surface area contributed by atoms with Crippen molar-refractivity contribution in [1.82, 2.24) is 4.98 Å². The van der Waals surface area contributed by atoms with Gasteiger partial charge in [-0.1, -0.05) is 0 Å². The van der Waals surface area contributed by atoms with Crippen molar-refractivity contribution in [2.75, 3.05) is 36.7 Å². The predicted octanol–water partition coefficient (Wildman–Crippen LogP) is 4.35. The van der Waals surface area contributed by atoms with Crippen LogP contribution in [-0.2, 0) is 19.3 Å². The number of benzene rings is 1. The Balaban J connectivity index is 1.97. The van der Waals surface area contributed by atoms with Crippen LogP contribution in [0.1, 0.15) is 19.8 Å². The highest BCUT2D eigenvalue weighted by Gasteiger charge is 2.62. The summed E-state index contributed by atoms with van der Waals surface area (Å²) in [5.41, 5.74) is -2.68. The molecule has 0 saturated carbocycles. The minimum atomic E-state index is -4.83.